The Kier molecular flexibility index (Phi) is 3.23. The predicted octanol–water partition coefficient (Wildman–Crippen LogP) is 2.77. The number of H-pyrrole nitrogens is 1. The van der Waals surface area contributed by atoms with Gasteiger partial charge in [0.25, 0.3) is 0 Å². The molecule has 4 aliphatic heterocycles. The van der Waals surface area contributed by atoms with Gasteiger partial charge in [-0.2, -0.15) is 0 Å². The molecule has 4 bridgehead atoms. The summed E-state index contributed by atoms with van der Waals surface area (Å²) in [7, 11) is 1.39. The predicted molar refractivity (Wildman–Crippen MR) is 97.6 cm³/mol. The number of ether oxygens (including phenoxy) is 1. The number of aromatic amines is 1. The number of hydrogen-bond acceptors (Lipinski definition) is 4. The van der Waals surface area contributed by atoms with Crippen molar-refractivity contribution in [2.24, 2.45) is 11.3 Å². The van der Waals surface area contributed by atoms with Gasteiger partial charge in [0.1, 0.15) is 11.7 Å². The molecule has 0 radical (unpaired) electrons. The van der Waals surface area contributed by atoms with Crippen LogP contribution in [0.1, 0.15) is 30.6 Å². The number of methoxy groups -OCH3 is 1. The number of aromatic nitrogens is 1. The van der Waals surface area contributed by atoms with Crippen molar-refractivity contribution in [1.29, 1.82) is 0 Å². The SMILES string of the molecule is C/C=C1/CN2[C@H]3Cc4c([nH]c5ccccc45)[C@@H]2C[C@@H]1[C@]3(C=O)C(=O)OC. The van der Waals surface area contributed by atoms with E-state index in [1.165, 1.54) is 29.3 Å². The number of allylic oxidation sites excluding steroid dienone is 1. The quantitative estimate of drug-likeness (QED) is 0.392. The van der Waals surface area contributed by atoms with Gasteiger partial charge in [0, 0.05) is 35.1 Å². The molecular formula is C21H22N2O3. The number of piperidine rings is 3. The maximum absolute atomic E-state index is 12.9. The van der Waals surface area contributed by atoms with Crippen LogP contribution >= 0.6 is 0 Å². The molecule has 0 amide bonds. The molecule has 3 fully saturated rings. The summed E-state index contributed by atoms with van der Waals surface area (Å²) in [4.78, 5) is 31.2. The average molecular weight is 350 g/mol. The van der Waals surface area contributed by atoms with Crippen LogP contribution < -0.4 is 0 Å². The van der Waals surface area contributed by atoms with E-state index in [1.807, 2.05) is 19.1 Å². The highest BCUT2D eigenvalue weighted by Crippen LogP contribution is 2.59. The van der Waals surface area contributed by atoms with Gasteiger partial charge in [-0.3, -0.25) is 9.69 Å². The molecule has 1 aromatic carbocycles. The van der Waals surface area contributed by atoms with E-state index < -0.39 is 11.4 Å². The van der Waals surface area contributed by atoms with Crippen LogP contribution in [0.25, 0.3) is 10.9 Å². The Balaban J connectivity index is 1.74. The molecule has 5 nitrogen and oxygen atoms in total. The van der Waals surface area contributed by atoms with Crippen molar-refractivity contribution in [2.75, 3.05) is 13.7 Å². The molecule has 0 spiro atoms. The van der Waals surface area contributed by atoms with Crippen LogP contribution in [0.4, 0.5) is 0 Å². The van der Waals surface area contributed by atoms with Gasteiger partial charge in [-0.1, -0.05) is 29.8 Å². The zero-order valence-corrected chi connectivity index (χ0v) is 15.0. The summed E-state index contributed by atoms with van der Waals surface area (Å²) in [6, 6.07) is 8.37. The van der Waals surface area contributed by atoms with Crippen molar-refractivity contribution in [2.45, 2.75) is 31.8 Å². The highest BCUT2D eigenvalue weighted by atomic mass is 16.5. The van der Waals surface area contributed by atoms with Gasteiger partial charge < -0.3 is 14.5 Å². The van der Waals surface area contributed by atoms with Gasteiger partial charge in [0.15, 0.2) is 0 Å². The van der Waals surface area contributed by atoms with Gasteiger partial charge in [-0.15, -0.1) is 0 Å². The molecule has 1 unspecified atom stereocenters. The molecule has 3 saturated heterocycles. The minimum absolute atomic E-state index is 0.0861. The minimum Gasteiger partial charge on any atom is -0.468 e. The van der Waals surface area contributed by atoms with Gasteiger partial charge in [0.05, 0.1) is 13.2 Å². The number of rotatable bonds is 2. The first kappa shape index (κ1) is 15.8. The number of aldehydes is 1. The third-order valence-corrected chi connectivity index (χ3v) is 6.88. The Labute approximate surface area is 152 Å². The molecule has 5 heterocycles. The number of carbonyl (C=O) groups is 2. The van der Waals surface area contributed by atoms with E-state index in [1.54, 1.807) is 0 Å². The van der Waals surface area contributed by atoms with Crippen LogP contribution in [0.5, 0.6) is 0 Å². The molecular weight excluding hydrogens is 328 g/mol. The summed E-state index contributed by atoms with van der Waals surface area (Å²) in [6.07, 6.45) is 4.40. The highest BCUT2D eigenvalue weighted by molar-refractivity contribution is 5.96. The summed E-state index contributed by atoms with van der Waals surface area (Å²) < 4.78 is 5.15. The molecule has 26 heavy (non-hydrogen) atoms. The summed E-state index contributed by atoms with van der Waals surface area (Å²) in [6.45, 7) is 2.81. The van der Waals surface area contributed by atoms with Crippen LogP contribution in [-0.2, 0) is 20.7 Å². The summed E-state index contributed by atoms with van der Waals surface area (Å²) >= 11 is 0. The Hall–Kier alpha value is -2.40. The molecule has 0 saturated carbocycles. The van der Waals surface area contributed by atoms with Crippen molar-refractivity contribution < 1.29 is 14.3 Å². The molecule has 0 aliphatic carbocycles. The van der Waals surface area contributed by atoms with E-state index in [4.69, 9.17) is 4.74 Å². The molecule has 2 aromatic rings. The minimum atomic E-state index is -1.11. The standard InChI is InChI=1S/C21H22N2O3/c1-3-12-10-23-17-9-15(12)21(11-24,20(25)26-2)18(23)8-14-13-6-4-5-7-16(13)22-19(14)17/h3-7,11,15,17-18,22H,8-10H2,1-2H3/b12-3-/t15-,17-,18-,21-/m0/s1. The lowest BCUT2D eigenvalue weighted by Crippen LogP contribution is -2.69. The number of benzene rings is 1. The fourth-order valence-corrected chi connectivity index (χ4v) is 5.72. The normalized spacial score (nSPS) is 36.2. The first-order valence-corrected chi connectivity index (χ1v) is 9.20. The van der Waals surface area contributed by atoms with Gasteiger partial charge in [-0.05, 0) is 31.4 Å². The largest absolute Gasteiger partial charge is 0.468 e. The number of esters is 1. The van der Waals surface area contributed by atoms with Crippen molar-refractivity contribution in [3.8, 4) is 0 Å². The second-order valence-corrected chi connectivity index (χ2v) is 7.67. The second-order valence-electron chi connectivity index (χ2n) is 7.67. The smallest absolute Gasteiger partial charge is 0.321 e. The topological polar surface area (TPSA) is 62.4 Å². The Bertz CT molecular complexity index is 959. The molecule has 5 atom stereocenters. The zero-order valence-electron chi connectivity index (χ0n) is 15.0. The number of nitrogens with zero attached hydrogens (tertiary/aromatic N) is 1. The molecule has 1 N–H and O–H groups in total. The molecule has 5 heteroatoms. The zero-order chi connectivity index (χ0) is 18.1. The summed E-state index contributed by atoms with van der Waals surface area (Å²) in [5.74, 6) is -0.481. The number of hydrogen-bond donors (Lipinski definition) is 1. The van der Waals surface area contributed by atoms with E-state index in [0.717, 1.165) is 24.8 Å². The van der Waals surface area contributed by atoms with Crippen LogP contribution in [-0.4, -0.2) is 41.8 Å². The van der Waals surface area contributed by atoms with Crippen LogP contribution in [0.15, 0.2) is 35.9 Å². The van der Waals surface area contributed by atoms with E-state index in [0.29, 0.717) is 6.42 Å². The van der Waals surface area contributed by atoms with Crippen LogP contribution in [0, 0.1) is 11.3 Å². The van der Waals surface area contributed by atoms with E-state index in [2.05, 4.69) is 28.1 Å². The average Bonchev–Trinajstić information content (AvgIpc) is 3.06. The van der Waals surface area contributed by atoms with Crippen LogP contribution in [0.2, 0.25) is 0 Å². The van der Waals surface area contributed by atoms with Crippen molar-refractivity contribution in [3.63, 3.8) is 0 Å². The van der Waals surface area contributed by atoms with Crippen molar-refractivity contribution in [1.82, 2.24) is 9.88 Å². The number of para-hydroxylation sites is 1. The maximum atomic E-state index is 12.9. The van der Waals surface area contributed by atoms with Gasteiger partial charge in [-0.25, -0.2) is 0 Å². The van der Waals surface area contributed by atoms with E-state index in [9.17, 15) is 9.59 Å². The van der Waals surface area contributed by atoms with E-state index >= 15 is 0 Å². The maximum Gasteiger partial charge on any atom is 0.321 e. The van der Waals surface area contributed by atoms with Crippen LogP contribution in [0.3, 0.4) is 0 Å². The van der Waals surface area contributed by atoms with Crippen molar-refractivity contribution >= 4 is 23.2 Å². The second kappa shape index (κ2) is 5.30. The molecule has 4 aliphatic rings. The lowest BCUT2D eigenvalue weighted by atomic mass is 9.55. The molecule has 1 aromatic heterocycles. The van der Waals surface area contributed by atoms with Gasteiger partial charge in [0.2, 0.25) is 0 Å². The molecule has 134 valence electrons. The first-order valence-electron chi connectivity index (χ1n) is 9.20. The third kappa shape index (κ3) is 1.69. The molecule has 6 rings (SSSR count). The Morgan fingerprint density at radius 2 is 2.19 bits per heavy atom. The lowest BCUT2D eigenvalue weighted by molar-refractivity contribution is -0.176. The first-order chi connectivity index (χ1) is 12.7. The Morgan fingerprint density at radius 1 is 1.38 bits per heavy atom. The monoisotopic (exact) mass is 350 g/mol. The Morgan fingerprint density at radius 3 is 2.92 bits per heavy atom. The summed E-state index contributed by atoms with van der Waals surface area (Å²) in [5, 5.41) is 1.20. The number of fused-ring (bicyclic) bond motifs is 4. The fraction of sp³-hybridized carbons (Fsp3) is 0.429. The lowest BCUT2D eigenvalue weighted by Gasteiger charge is -2.61. The highest BCUT2D eigenvalue weighted by Gasteiger charge is 2.65. The number of carbonyl (C=O) groups excluding carboxylic acids is 2. The van der Waals surface area contributed by atoms with E-state index in [-0.39, 0.29) is 18.0 Å². The summed E-state index contributed by atoms with van der Waals surface area (Å²) in [5.41, 5.74) is 3.70. The third-order valence-electron chi connectivity index (χ3n) is 6.88. The number of nitrogens with one attached hydrogen (secondary N) is 1. The van der Waals surface area contributed by atoms with Gasteiger partial charge >= 0.3 is 5.97 Å². The fourth-order valence-electron chi connectivity index (χ4n) is 5.72. The van der Waals surface area contributed by atoms with Crippen molar-refractivity contribution in [3.05, 3.63) is 47.2 Å².